The van der Waals surface area contributed by atoms with E-state index < -0.39 is 0 Å². The van der Waals surface area contributed by atoms with Crippen molar-refractivity contribution in [1.82, 2.24) is 9.97 Å². The Morgan fingerprint density at radius 1 is 1.32 bits per heavy atom. The summed E-state index contributed by atoms with van der Waals surface area (Å²) < 4.78 is 0.673. The Labute approximate surface area is 122 Å². The minimum atomic E-state index is -0.0743. The lowest BCUT2D eigenvalue weighted by molar-refractivity contribution is 1.04. The molecule has 19 heavy (non-hydrogen) atoms. The van der Waals surface area contributed by atoms with Gasteiger partial charge in [-0.1, -0.05) is 23.7 Å². The third-order valence-corrected chi connectivity index (χ3v) is 4.99. The zero-order valence-electron chi connectivity index (χ0n) is 9.72. The molecule has 0 amide bonds. The molecule has 0 aliphatic rings. The van der Waals surface area contributed by atoms with Gasteiger partial charge in [0.1, 0.15) is 10.5 Å². The number of H-pyrrole nitrogens is 1. The number of nitrogens with one attached hydrogen (secondary N) is 1. The molecule has 0 unspecified atom stereocenters. The zero-order valence-corrected chi connectivity index (χ0v) is 12.1. The van der Waals surface area contributed by atoms with Crippen molar-refractivity contribution in [2.24, 2.45) is 0 Å². The van der Waals surface area contributed by atoms with Gasteiger partial charge in [0.15, 0.2) is 0 Å². The van der Waals surface area contributed by atoms with Gasteiger partial charge in [0, 0.05) is 4.90 Å². The monoisotopic (exact) mass is 308 g/mol. The number of benzene rings is 1. The normalized spacial score (nSPS) is 11.0. The number of nitrogens with zero attached hydrogens (tertiary/aromatic N) is 1. The first-order valence-electron chi connectivity index (χ1n) is 5.58. The van der Waals surface area contributed by atoms with Crippen LogP contribution in [0, 0.1) is 0 Å². The van der Waals surface area contributed by atoms with Crippen LogP contribution in [0.2, 0.25) is 5.02 Å². The first kappa shape index (κ1) is 12.7. The van der Waals surface area contributed by atoms with E-state index in [1.165, 1.54) is 11.3 Å². The maximum atomic E-state index is 11.8. The zero-order chi connectivity index (χ0) is 13.2. The predicted octanol–water partition coefficient (Wildman–Crippen LogP) is 3.93. The van der Waals surface area contributed by atoms with Crippen LogP contribution in [0.4, 0.5) is 0 Å². The van der Waals surface area contributed by atoms with Crippen molar-refractivity contribution in [3.8, 4) is 0 Å². The fraction of sp³-hybridized carbons (Fsp3) is 0.0769. The van der Waals surface area contributed by atoms with Gasteiger partial charge in [0.05, 0.1) is 16.3 Å². The number of hydrogen-bond acceptors (Lipinski definition) is 4. The quantitative estimate of drug-likeness (QED) is 0.746. The van der Waals surface area contributed by atoms with Crippen LogP contribution in [-0.4, -0.2) is 9.97 Å². The summed E-state index contributed by atoms with van der Waals surface area (Å²) in [5.74, 6) is 1.26. The molecule has 0 radical (unpaired) electrons. The molecule has 0 atom stereocenters. The van der Waals surface area contributed by atoms with E-state index in [-0.39, 0.29) is 5.56 Å². The lowest BCUT2D eigenvalue weighted by Gasteiger charge is -2.03. The summed E-state index contributed by atoms with van der Waals surface area (Å²) in [5, 5.41) is 2.59. The molecule has 2 heterocycles. The summed E-state index contributed by atoms with van der Waals surface area (Å²) >= 11 is 9.05. The molecule has 0 aliphatic carbocycles. The molecular weight excluding hydrogens is 300 g/mol. The maximum Gasteiger partial charge on any atom is 0.268 e. The predicted molar refractivity (Wildman–Crippen MR) is 81.3 cm³/mol. The highest BCUT2D eigenvalue weighted by molar-refractivity contribution is 7.98. The molecule has 0 aliphatic heterocycles. The van der Waals surface area contributed by atoms with Crippen molar-refractivity contribution in [3.63, 3.8) is 0 Å². The van der Waals surface area contributed by atoms with Crippen molar-refractivity contribution in [2.75, 3.05) is 0 Å². The Balaban J connectivity index is 1.86. The Kier molecular flexibility index (Phi) is 3.59. The first-order valence-corrected chi connectivity index (χ1v) is 7.82. The van der Waals surface area contributed by atoms with E-state index in [2.05, 4.69) is 9.97 Å². The van der Waals surface area contributed by atoms with Gasteiger partial charge in [-0.15, -0.1) is 23.1 Å². The molecule has 2 aromatic heterocycles. The van der Waals surface area contributed by atoms with Crippen LogP contribution in [0.5, 0.6) is 0 Å². The Hall–Kier alpha value is -1.30. The third kappa shape index (κ3) is 2.68. The SMILES string of the molecule is O=c1[nH]c(CSc2ccccc2Cl)nc2ccsc12. The van der Waals surface area contributed by atoms with Crippen LogP contribution in [0.15, 0.2) is 45.4 Å². The molecule has 6 heteroatoms. The third-order valence-electron chi connectivity index (χ3n) is 2.56. The van der Waals surface area contributed by atoms with Crippen molar-refractivity contribution in [1.29, 1.82) is 0 Å². The summed E-state index contributed by atoms with van der Waals surface area (Å²) in [6, 6.07) is 9.49. The molecule has 3 rings (SSSR count). The van der Waals surface area contributed by atoms with Gasteiger partial charge in [-0.05, 0) is 23.6 Å². The molecule has 3 nitrogen and oxygen atoms in total. The number of fused-ring (bicyclic) bond motifs is 1. The standard InChI is InChI=1S/C13H9ClN2OS2/c14-8-3-1-2-4-10(8)19-7-11-15-9-5-6-18-12(9)13(17)16-11/h1-6H,7H2,(H,15,16,17). The highest BCUT2D eigenvalue weighted by atomic mass is 35.5. The molecule has 1 N–H and O–H groups in total. The van der Waals surface area contributed by atoms with Gasteiger partial charge in [0.2, 0.25) is 0 Å². The smallest absolute Gasteiger partial charge is 0.268 e. The summed E-state index contributed by atoms with van der Waals surface area (Å²) in [6.45, 7) is 0. The topological polar surface area (TPSA) is 45.8 Å². The minimum Gasteiger partial charge on any atom is -0.309 e. The molecule has 0 bridgehead atoms. The molecule has 96 valence electrons. The fourth-order valence-corrected chi connectivity index (χ4v) is 3.53. The van der Waals surface area contributed by atoms with Gasteiger partial charge in [-0.2, -0.15) is 0 Å². The van der Waals surface area contributed by atoms with E-state index in [9.17, 15) is 4.79 Å². The van der Waals surface area contributed by atoms with Crippen LogP contribution in [0.3, 0.4) is 0 Å². The van der Waals surface area contributed by atoms with Gasteiger partial charge in [-0.25, -0.2) is 4.98 Å². The Morgan fingerprint density at radius 2 is 2.16 bits per heavy atom. The second-order valence-corrected chi connectivity index (χ2v) is 6.21. The molecule has 0 saturated carbocycles. The number of rotatable bonds is 3. The van der Waals surface area contributed by atoms with Crippen LogP contribution >= 0.6 is 34.7 Å². The van der Waals surface area contributed by atoms with Crippen molar-refractivity contribution < 1.29 is 0 Å². The molecule has 1 aromatic carbocycles. The second kappa shape index (κ2) is 5.36. The molecule has 3 aromatic rings. The molecular formula is C13H9ClN2OS2. The van der Waals surface area contributed by atoms with Crippen LogP contribution < -0.4 is 5.56 Å². The van der Waals surface area contributed by atoms with E-state index in [0.29, 0.717) is 21.3 Å². The largest absolute Gasteiger partial charge is 0.309 e. The number of hydrogen-bond donors (Lipinski definition) is 1. The highest BCUT2D eigenvalue weighted by Gasteiger charge is 2.06. The highest BCUT2D eigenvalue weighted by Crippen LogP contribution is 2.28. The summed E-state index contributed by atoms with van der Waals surface area (Å²) in [5.41, 5.74) is 0.679. The average molecular weight is 309 g/mol. The van der Waals surface area contributed by atoms with E-state index in [1.54, 1.807) is 11.8 Å². The molecule has 0 saturated heterocycles. The van der Waals surface area contributed by atoms with Gasteiger partial charge >= 0.3 is 0 Å². The number of halogens is 1. The summed E-state index contributed by atoms with van der Waals surface area (Å²) in [6.07, 6.45) is 0. The van der Waals surface area contributed by atoms with E-state index in [4.69, 9.17) is 11.6 Å². The summed E-state index contributed by atoms with van der Waals surface area (Å²) in [4.78, 5) is 20.0. The second-order valence-electron chi connectivity index (χ2n) is 3.87. The Morgan fingerprint density at radius 3 is 3.00 bits per heavy atom. The van der Waals surface area contributed by atoms with E-state index in [0.717, 1.165) is 10.4 Å². The van der Waals surface area contributed by atoms with Gasteiger partial charge in [-0.3, -0.25) is 4.79 Å². The van der Waals surface area contributed by atoms with Crippen molar-refractivity contribution >= 4 is 44.9 Å². The maximum absolute atomic E-state index is 11.8. The van der Waals surface area contributed by atoms with Gasteiger partial charge in [0.25, 0.3) is 5.56 Å². The van der Waals surface area contributed by atoms with Crippen molar-refractivity contribution in [3.05, 3.63) is 56.9 Å². The number of aromatic nitrogens is 2. The van der Waals surface area contributed by atoms with E-state index in [1.807, 2.05) is 35.7 Å². The minimum absolute atomic E-state index is 0.0743. The Bertz CT molecular complexity index is 781. The first-order chi connectivity index (χ1) is 9.24. The van der Waals surface area contributed by atoms with Crippen LogP contribution in [-0.2, 0) is 5.75 Å². The lowest BCUT2D eigenvalue weighted by atomic mass is 10.4. The van der Waals surface area contributed by atoms with E-state index >= 15 is 0 Å². The lowest BCUT2D eigenvalue weighted by Crippen LogP contribution is -2.09. The van der Waals surface area contributed by atoms with Gasteiger partial charge < -0.3 is 4.98 Å². The number of thiophene rings is 1. The molecule has 0 spiro atoms. The average Bonchev–Trinajstić information content (AvgIpc) is 2.87. The van der Waals surface area contributed by atoms with Crippen molar-refractivity contribution in [2.45, 2.75) is 10.6 Å². The van der Waals surface area contributed by atoms with Crippen LogP contribution in [0.1, 0.15) is 5.82 Å². The number of thioether (sulfide) groups is 1. The fourth-order valence-electron chi connectivity index (χ4n) is 1.70. The number of aromatic amines is 1. The molecule has 0 fully saturated rings. The summed E-state index contributed by atoms with van der Waals surface area (Å²) in [7, 11) is 0. The van der Waals surface area contributed by atoms with Crippen LogP contribution in [0.25, 0.3) is 10.2 Å².